The van der Waals surface area contributed by atoms with Gasteiger partial charge in [0.2, 0.25) is 0 Å². The van der Waals surface area contributed by atoms with E-state index in [0.29, 0.717) is 46.9 Å². The van der Waals surface area contributed by atoms with Gasteiger partial charge in [0.05, 0.1) is 23.1 Å². The number of carbonyl (C=O) groups excluding carboxylic acids is 2. The molecular formula is C29H34BrNO5S2. The molecule has 0 bridgehead atoms. The number of hydrogen-bond acceptors (Lipinski definition) is 7. The number of unbranched alkanes of at least 4 members (excludes halogenated alkanes) is 2. The fraction of sp³-hybridized carbons (Fsp3) is 0.414. The van der Waals surface area contributed by atoms with E-state index in [-0.39, 0.29) is 11.9 Å². The molecule has 1 aliphatic rings. The van der Waals surface area contributed by atoms with Crippen molar-refractivity contribution >= 4 is 62.2 Å². The van der Waals surface area contributed by atoms with Crippen LogP contribution in [0.5, 0.6) is 11.5 Å². The molecule has 1 aliphatic heterocycles. The Morgan fingerprint density at radius 3 is 2.53 bits per heavy atom. The molecule has 1 amide bonds. The van der Waals surface area contributed by atoms with E-state index in [1.165, 1.54) is 28.5 Å². The van der Waals surface area contributed by atoms with Gasteiger partial charge >= 0.3 is 5.97 Å². The predicted octanol–water partition coefficient (Wildman–Crippen LogP) is 7.29. The van der Waals surface area contributed by atoms with Crippen LogP contribution in [0.2, 0.25) is 0 Å². The topological polar surface area (TPSA) is 65.1 Å². The summed E-state index contributed by atoms with van der Waals surface area (Å²) in [4.78, 5) is 26.7. The molecule has 2 aromatic carbocycles. The number of amides is 1. The Labute approximate surface area is 243 Å². The molecule has 9 heteroatoms. The number of benzene rings is 2. The van der Waals surface area contributed by atoms with Crippen molar-refractivity contribution in [3.05, 3.63) is 61.5 Å². The average Bonchev–Trinajstić information content (AvgIpc) is 3.13. The summed E-state index contributed by atoms with van der Waals surface area (Å²) in [5, 5.41) is 0. The maximum absolute atomic E-state index is 13.0. The fourth-order valence-electron chi connectivity index (χ4n) is 4.08. The molecule has 204 valence electrons. The monoisotopic (exact) mass is 619 g/mol. The standard InChI is InChI=1S/C29H34BrNO5S2/c1-6-35-26(32)10-8-7-9-11-31-28(33)25(38-29(31)37)16-21-14-23(30)27(24(15-21)34-5)36-17-22-13-19(3)18(2)12-20(22)4/h12-16H,6-11,17H2,1-5H3/b25-16+. The van der Waals surface area contributed by atoms with Gasteiger partial charge in [0.15, 0.2) is 11.5 Å². The zero-order chi connectivity index (χ0) is 27.8. The highest BCUT2D eigenvalue weighted by atomic mass is 79.9. The van der Waals surface area contributed by atoms with Gasteiger partial charge < -0.3 is 14.2 Å². The fourth-order valence-corrected chi connectivity index (χ4v) is 5.97. The second kappa shape index (κ2) is 14.1. The Morgan fingerprint density at radius 2 is 1.82 bits per heavy atom. The first-order valence-electron chi connectivity index (χ1n) is 12.6. The number of thiocarbonyl (C=S) groups is 1. The third kappa shape index (κ3) is 7.83. The molecule has 1 heterocycles. The summed E-state index contributed by atoms with van der Waals surface area (Å²) in [5.74, 6) is 0.896. The second-order valence-electron chi connectivity index (χ2n) is 9.13. The predicted molar refractivity (Wildman–Crippen MR) is 161 cm³/mol. The Balaban J connectivity index is 1.66. The Kier molecular flexibility index (Phi) is 11.2. The maximum atomic E-state index is 13.0. The quantitative estimate of drug-likeness (QED) is 0.107. The van der Waals surface area contributed by atoms with E-state index in [1.807, 2.05) is 18.2 Å². The summed E-state index contributed by atoms with van der Waals surface area (Å²) in [6.45, 7) is 9.42. The first-order valence-corrected chi connectivity index (χ1v) is 14.6. The van der Waals surface area contributed by atoms with Gasteiger partial charge in [-0.15, -0.1) is 0 Å². The van der Waals surface area contributed by atoms with Crippen molar-refractivity contribution in [3.63, 3.8) is 0 Å². The maximum Gasteiger partial charge on any atom is 0.305 e. The number of hydrogen-bond donors (Lipinski definition) is 0. The second-order valence-corrected chi connectivity index (χ2v) is 11.7. The molecule has 2 aromatic rings. The molecule has 0 aliphatic carbocycles. The number of aryl methyl sites for hydroxylation is 3. The Bertz CT molecular complexity index is 1240. The highest BCUT2D eigenvalue weighted by Gasteiger charge is 2.31. The molecule has 0 aromatic heterocycles. The lowest BCUT2D eigenvalue weighted by molar-refractivity contribution is -0.143. The van der Waals surface area contributed by atoms with Gasteiger partial charge in [0, 0.05) is 13.0 Å². The molecule has 0 spiro atoms. The van der Waals surface area contributed by atoms with Crippen LogP contribution in [0.4, 0.5) is 0 Å². The number of esters is 1. The number of rotatable bonds is 12. The lowest BCUT2D eigenvalue weighted by Crippen LogP contribution is -2.29. The number of nitrogens with zero attached hydrogens (tertiary/aromatic N) is 1. The van der Waals surface area contributed by atoms with E-state index in [2.05, 4.69) is 48.8 Å². The third-order valence-corrected chi connectivity index (χ3v) is 8.28. The van der Waals surface area contributed by atoms with Crippen LogP contribution in [-0.4, -0.2) is 41.4 Å². The molecule has 3 rings (SSSR count). The highest BCUT2D eigenvalue weighted by molar-refractivity contribution is 9.10. The van der Waals surface area contributed by atoms with Crippen molar-refractivity contribution < 1.29 is 23.8 Å². The Morgan fingerprint density at radius 1 is 1.08 bits per heavy atom. The average molecular weight is 621 g/mol. The Hall–Kier alpha value is -2.36. The van der Waals surface area contributed by atoms with E-state index in [0.717, 1.165) is 34.9 Å². The van der Waals surface area contributed by atoms with Crippen LogP contribution in [0.3, 0.4) is 0 Å². The van der Waals surface area contributed by atoms with E-state index in [4.69, 9.17) is 26.4 Å². The molecule has 1 saturated heterocycles. The van der Waals surface area contributed by atoms with Gasteiger partial charge in [-0.3, -0.25) is 14.5 Å². The SMILES string of the molecule is CCOC(=O)CCCCCN1C(=O)/C(=C\c2cc(Br)c(OCc3cc(C)c(C)cc3C)c(OC)c2)SC1=S. The van der Waals surface area contributed by atoms with Crippen molar-refractivity contribution in [3.8, 4) is 11.5 Å². The minimum absolute atomic E-state index is 0.106. The minimum Gasteiger partial charge on any atom is -0.493 e. The molecule has 0 atom stereocenters. The van der Waals surface area contributed by atoms with Crippen molar-refractivity contribution in [1.29, 1.82) is 0 Å². The normalized spacial score (nSPS) is 14.4. The summed E-state index contributed by atoms with van der Waals surface area (Å²) in [5.41, 5.74) is 5.59. The van der Waals surface area contributed by atoms with Gasteiger partial charge in [0.1, 0.15) is 10.9 Å². The summed E-state index contributed by atoms with van der Waals surface area (Å²) < 4.78 is 18.0. The van der Waals surface area contributed by atoms with Crippen LogP contribution in [0, 0.1) is 20.8 Å². The lowest BCUT2D eigenvalue weighted by Gasteiger charge is -2.16. The van der Waals surface area contributed by atoms with Crippen LogP contribution in [0.25, 0.3) is 6.08 Å². The van der Waals surface area contributed by atoms with Crippen LogP contribution >= 0.6 is 39.9 Å². The molecule has 38 heavy (non-hydrogen) atoms. The smallest absolute Gasteiger partial charge is 0.305 e. The van der Waals surface area contributed by atoms with Gasteiger partial charge in [0.25, 0.3) is 5.91 Å². The van der Waals surface area contributed by atoms with Gasteiger partial charge in [-0.2, -0.15) is 0 Å². The first kappa shape index (κ1) is 30.2. The summed E-state index contributed by atoms with van der Waals surface area (Å²) in [7, 11) is 1.60. The first-order chi connectivity index (χ1) is 18.1. The van der Waals surface area contributed by atoms with Crippen molar-refractivity contribution in [2.45, 2.75) is 60.0 Å². The highest BCUT2D eigenvalue weighted by Crippen LogP contribution is 2.40. The number of halogens is 1. The molecule has 0 N–H and O–H groups in total. The van der Waals surface area contributed by atoms with Crippen LogP contribution in [-0.2, 0) is 20.9 Å². The van der Waals surface area contributed by atoms with Crippen LogP contribution < -0.4 is 9.47 Å². The largest absolute Gasteiger partial charge is 0.493 e. The zero-order valence-corrected chi connectivity index (χ0v) is 25.7. The summed E-state index contributed by atoms with van der Waals surface area (Å²) in [6.07, 6.45) is 4.54. The van der Waals surface area contributed by atoms with E-state index < -0.39 is 0 Å². The number of thioether (sulfide) groups is 1. The van der Waals surface area contributed by atoms with Gasteiger partial charge in [-0.05, 0) is 102 Å². The molecule has 0 radical (unpaired) electrons. The number of carbonyl (C=O) groups is 2. The van der Waals surface area contributed by atoms with Gasteiger partial charge in [-0.25, -0.2) is 0 Å². The van der Waals surface area contributed by atoms with Crippen LogP contribution in [0.15, 0.2) is 33.6 Å². The van der Waals surface area contributed by atoms with Crippen molar-refractivity contribution in [2.75, 3.05) is 20.3 Å². The number of ether oxygens (including phenoxy) is 3. The van der Waals surface area contributed by atoms with Gasteiger partial charge in [-0.1, -0.05) is 42.5 Å². The lowest BCUT2D eigenvalue weighted by atomic mass is 10.0. The van der Waals surface area contributed by atoms with E-state index in [9.17, 15) is 9.59 Å². The number of methoxy groups -OCH3 is 1. The summed E-state index contributed by atoms with van der Waals surface area (Å²) >= 11 is 10.4. The van der Waals surface area contributed by atoms with Crippen molar-refractivity contribution in [1.82, 2.24) is 4.90 Å². The molecule has 0 saturated carbocycles. The minimum atomic E-state index is -0.181. The van der Waals surface area contributed by atoms with Crippen molar-refractivity contribution in [2.24, 2.45) is 0 Å². The summed E-state index contributed by atoms with van der Waals surface area (Å²) in [6, 6.07) is 8.09. The third-order valence-electron chi connectivity index (χ3n) is 6.32. The molecule has 1 fully saturated rings. The van der Waals surface area contributed by atoms with E-state index >= 15 is 0 Å². The van der Waals surface area contributed by atoms with E-state index in [1.54, 1.807) is 18.9 Å². The zero-order valence-electron chi connectivity index (χ0n) is 22.5. The molecular weight excluding hydrogens is 586 g/mol. The van der Waals surface area contributed by atoms with Crippen LogP contribution in [0.1, 0.15) is 60.4 Å². The molecule has 0 unspecified atom stereocenters. The molecule has 6 nitrogen and oxygen atoms in total.